The van der Waals surface area contributed by atoms with Crippen molar-refractivity contribution in [2.45, 2.75) is 44.9 Å². The first-order chi connectivity index (χ1) is 9.20. The normalized spacial score (nSPS) is 35.5. The topological polar surface area (TPSA) is 12.0 Å². The predicted molar refractivity (Wildman–Crippen MR) is 76.7 cm³/mol. The SMILES string of the molecule is CC1CCCC2(CCNCC2c2ccc(F)cc2)C1. The molecule has 3 atom stereocenters. The Morgan fingerprint density at radius 1 is 1.21 bits per heavy atom. The molecule has 1 saturated heterocycles. The molecule has 104 valence electrons. The molecule has 3 unspecified atom stereocenters. The van der Waals surface area contributed by atoms with Crippen LogP contribution in [-0.2, 0) is 0 Å². The fraction of sp³-hybridized carbons (Fsp3) is 0.647. The fourth-order valence-corrected chi connectivity index (χ4v) is 4.39. The number of hydrogen-bond acceptors (Lipinski definition) is 1. The van der Waals surface area contributed by atoms with Gasteiger partial charge in [0, 0.05) is 12.5 Å². The summed E-state index contributed by atoms with van der Waals surface area (Å²) in [7, 11) is 0. The maximum Gasteiger partial charge on any atom is 0.123 e. The maximum absolute atomic E-state index is 13.1. The van der Waals surface area contributed by atoms with Crippen molar-refractivity contribution >= 4 is 0 Å². The summed E-state index contributed by atoms with van der Waals surface area (Å²) in [6, 6.07) is 7.22. The molecule has 2 fully saturated rings. The van der Waals surface area contributed by atoms with E-state index in [0.29, 0.717) is 11.3 Å². The van der Waals surface area contributed by atoms with Crippen LogP contribution in [0.4, 0.5) is 4.39 Å². The average molecular weight is 261 g/mol. The second-order valence-electron chi connectivity index (χ2n) is 6.62. The van der Waals surface area contributed by atoms with Crippen molar-refractivity contribution in [2.75, 3.05) is 13.1 Å². The molecule has 3 rings (SSSR count). The summed E-state index contributed by atoms with van der Waals surface area (Å²) >= 11 is 0. The lowest BCUT2D eigenvalue weighted by Gasteiger charge is -2.49. The number of halogens is 1. The van der Waals surface area contributed by atoms with Gasteiger partial charge < -0.3 is 5.32 Å². The monoisotopic (exact) mass is 261 g/mol. The molecule has 1 aromatic rings. The first-order valence-corrected chi connectivity index (χ1v) is 7.66. The van der Waals surface area contributed by atoms with Gasteiger partial charge in [-0.25, -0.2) is 4.39 Å². The van der Waals surface area contributed by atoms with Crippen LogP contribution in [-0.4, -0.2) is 13.1 Å². The Hall–Kier alpha value is -0.890. The summed E-state index contributed by atoms with van der Waals surface area (Å²) in [5.41, 5.74) is 1.78. The van der Waals surface area contributed by atoms with E-state index < -0.39 is 0 Å². The van der Waals surface area contributed by atoms with Gasteiger partial charge in [-0.15, -0.1) is 0 Å². The van der Waals surface area contributed by atoms with Crippen molar-refractivity contribution in [3.63, 3.8) is 0 Å². The highest BCUT2D eigenvalue weighted by molar-refractivity contribution is 5.25. The summed E-state index contributed by atoms with van der Waals surface area (Å²) in [6.45, 7) is 4.59. The molecule has 1 N–H and O–H groups in total. The quantitative estimate of drug-likeness (QED) is 0.802. The molecule has 0 aromatic heterocycles. The van der Waals surface area contributed by atoms with Crippen LogP contribution in [0.2, 0.25) is 0 Å². The fourth-order valence-electron chi connectivity index (χ4n) is 4.39. The van der Waals surface area contributed by atoms with Crippen LogP contribution >= 0.6 is 0 Å². The number of benzene rings is 1. The molecule has 1 aliphatic carbocycles. The van der Waals surface area contributed by atoms with E-state index in [1.807, 2.05) is 12.1 Å². The summed E-state index contributed by atoms with van der Waals surface area (Å²) in [6.07, 6.45) is 6.71. The van der Waals surface area contributed by atoms with Crippen molar-refractivity contribution in [3.05, 3.63) is 35.6 Å². The van der Waals surface area contributed by atoms with Crippen molar-refractivity contribution in [1.29, 1.82) is 0 Å². The predicted octanol–water partition coefficient (Wildman–Crippen LogP) is 4.10. The number of rotatable bonds is 1. The van der Waals surface area contributed by atoms with Crippen molar-refractivity contribution in [2.24, 2.45) is 11.3 Å². The highest BCUT2D eigenvalue weighted by Crippen LogP contribution is 2.52. The smallest absolute Gasteiger partial charge is 0.123 e. The molecule has 0 amide bonds. The Labute approximate surface area is 115 Å². The van der Waals surface area contributed by atoms with E-state index >= 15 is 0 Å². The minimum Gasteiger partial charge on any atom is -0.316 e. The van der Waals surface area contributed by atoms with E-state index in [2.05, 4.69) is 12.2 Å². The van der Waals surface area contributed by atoms with E-state index in [1.54, 1.807) is 12.1 Å². The zero-order valence-electron chi connectivity index (χ0n) is 11.8. The van der Waals surface area contributed by atoms with E-state index in [9.17, 15) is 4.39 Å². The first kappa shape index (κ1) is 13.1. The standard InChI is InChI=1S/C17H24FN/c1-13-3-2-8-17(11-13)9-10-19-12-16(17)14-4-6-15(18)7-5-14/h4-7,13,16,19H,2-3,8-12H2,1H3. The van der Waals surface area contributed by atoms with Crippen LogP contribution < -0.4 is 5.32 Å². The Morgan fingerprint density at radius 3 is 2.74 bits per heavy atom. The third-order valence-electron chi connectivity index (χ3n) is 5.29. The molecule has 1 heterocycles. The van der Waals surface area contributed by atoms with Gasteiger partial charge in [-0.2, -0.15) is 0 Å². The van der Waals surface area contributed by atoms with Gasteiger partial charge in [0.15, 0.2) is 0 Å². The summed E-state index contributed by atoms with van der Waals surface area (Å²) in [5.74, 6) is 1.28. The van der Waals surface area contributed by atoms with E-state index in [4.69, 9.17) is 0 Å². The van der Waals surface area contributed by atoms with E-state index in [0.717, 1.165) is 19.0 Å². The van der Waals surface area contributed by atoms with Crippen LogP contribution in [0.3, 0.4) is 0 Å². The molecule has 2 aliphatic rings. The van der Waals surface area contributed by atoms with Gasteiger partial charge in [0.25, 0.3) is 0 Å². The highest BCUT2D eigenvalue weighted by atomic mass is 19.1. The van der Waals surface area contributed by atoms with Gasteiger partial charge in [-0.1, -0.05) is 31.9 Å². The van der Waals surface area contributed by atoms with Gasteiger partial charge >= 0.3 is 0 Å². The number of hydrogen-bond donors (Lipinski definition) is 1. The van der Waals surface area contributed by atoms with Crippen LogP contribution in [0, 0.1) is 17.2 Å². The van der Waals surface area contributed by atoms with Gasteiger partial charge in [0.05, 0.1) is 0 Å². The number of piperidine rings is 1. The minimum atomic E-state index is -0.126. The first-order valence-electron chi connectivity index (χ1n) is 7.66. The zero-order valence-corrected chi connectivity index (χ0v) is 11.8. The molecular weight excluding hydrogens is 237 g/mol. The molecule has 1 nitrogen and oxygen atoms in total. The molecule has 1 aromatic carbocycles. The summed E-state index contributed by atoms with van der Waals surface area (Å²) < 4.78 is 13.1. The lowest BCUT2D eigenvalue weighted by atomic mass is 9.58. The summed E-state index contributed by atoms with van der Waals surface area (Å²) in [4.78, 5) is 0. The van der Waals surface area contributed by atoms with Crippen LogP contribution in [0.5, 0.6) is 0 Å². The molecule has 19 heavy (non-hydrogen) atoms. The van der Waals surface area contributed by atoms with Crippen LogP contribution in [0.1, 0.15) is 50.5 Å². The van der Waals surface area contributed by atoms with Gasteiger partial charge in [0.2, 0.25) is 0 Å². The molecule has 1 spiro atoms. The Morgan fingerprint density at radius 2 is 2.00 bits per heavy atom. The maximum atomic E-state index is 13.1. The van der Waals surface area contributed by atoms with Crippen LogP contribution in [0.15, 0.2) is 24.3 Å². The Balaban J connectivity index is 1.90. The Kier molecular flexibility index (Phi) is 3.62. The van der Waals surface area contributed by atoms with Gasteiger partial charge in [-0.3, -0.25) is 0 Å². The second-order valence-corrected chi connectivity index (χ2v) is 6.62. The van der Waals surface area contributed by atoms with Crippen molar-refractivity contribution in [1.82, 2.24) is 5.32 Å². The lowest BCUT2D eigenvalue weighted by Crippen LogP contribution is -2.45. The van der Waals surface area contributed by atoms with Gasteiger partial charge in [0.1, 0.15) is 5.82 Å². The molecule has 1 saturated carbocycles. The third-order valence-corrected chi connectivity index (χ3v) is 5.29. The number of nitrogens with one attached hydrogen (secondary N) is 1. The molecule has 1 aliphatic heterocycles. The summed E-state index contributed by atoms with van der Waals surface area (Å²) in [5, 5.41) is 3.54. The molecular formula is C17H24FN. The van der Waals surface area contributed by atoms with Crippen molar-refractivity contribution in [3.8, 4) is 0 Å². The Bertz CT molecular complexity index is 423. The third kappa shape index (κ3) is 2.55. The lowest BCUT2D eigenvalue weighted by molar-refractivity contribution is 0.0756. The van der Waals surface area contributed by atoms with E-state index in [1.165, 1.54) is 37.7 Å². The van der Waals surface area contributed by atoms with Crippen molar-refractivity contribution < 1.29 is 4.39 Å². The zero-order chi connectivity index (χ0) is 13.3. The van der Waals surface area contributed by atoms with E-state index in [-0.39, 0.29) is 5.82 Å². The highest BCUT2D eigenvalue weighted by Gasteiger charge is 2.43. The van der Waals surface area contributed by atoms with Crippen LogP contribution in [0.25, 0.3) is 0 Å². The molecule has 2 heteroatoms. The second kappa shape index (κ2) is 5.24. The average Bonchev–Trinajstić information content (AvgIpc) is 2.40. The largest absolute Gasteiger partial charge is 0.316 e. The minimum absolute atomic E-state index is 0.126. The molecule has 0 bridgehead atoms. The molecule has 0 radical (unpaired) electrons. The van der Waals surface area contributed by atoms with Gasteiger partial charge in [-0.05, 0) is 54.8 Å².